The molecule has 0 amide bonds. The predicted octanol–water partition coefficient (Wildman–Crippen LogP) is 1.73. The molecular formula is C11H21NO2. The van der Waals surface area contributed by atoms with Crippen molar-refractivity contribution in [1.82, 2.24) is 4.90 Å². The van der Waals surface area contributed by atoms with Gasteiger partial charge < -0.3 is 14.7 Å². The molecular weight excluding hydrogens is 178 g/mol. The lowest BCUT2D eigenvalue weighted by molar-refractivity contribution is 0.120. The molecule has 1 heterocycles. The number of aliphatic hydroxyl groups is 1. The van der Waals surface area contributed by atoms with Crippen LogP contribution in [0, 0.1) is 0 Å². The first-order chi connectivity index (χ1) is 6.74. The molecule has 0 aliphatic carbocycles. The van der Waals surface area contributed by atoms with Crippen molar-refractivity contribution < 1.29 is 9.84 Å². The standard InChI is InChI=1S/C11H21NO2/c1-10(2)12-6-8-14-11(9-12)5-3-4-7-13/h9-10,13H,3-8H2,1-2H3. The highest BCUT2D eigenvalue weighted by molar-refractivity contribution is 4.97. The van der Waals surface area contributed by atoms with Crippen LogP contribution in [0.25, 0.3) is 0 Å². The van der Waals surface area contributed by atoms with E-state index in [-0.39, 0.29) is 6.61 Å². The molecule has 0 saturated heterocycles. The Balaban J connectivity index is 2.35. The van der Waals surface area contributed by atoms with Crippen LogP contribution in [0.5, 0.6) is 0 Å². The van der Waals surface area contributed by atoms with Crippen LogP contribution in [0.1, 0.15) is 33.1 Å². The summed E-state index contributed by atoms with van der Waals surface area (Å²) in [6.45, 7) is 6.44. The van der Waals surface area contributed by atoms with Crippen molar-refractivity contribution in [1.29, 1.82) is 0 Å². The summed E-state index contributed by atoms with van der Waals surface area (Å²) in [5.41, 5.74) is 0. The van der Waals surface area contributed by atoms with E-state index in [1.54, 1.807) is 0 Å². The minimum absolute atomic E-state index is 0.279. The van der Waals surface area contributed by atoms with Gasteiger partial charge in [0.15, 0.2) is 0 Å². The van der Waals surface area contributed by atoms with Crippen molar-refractivity contribution in [3.8, 4) is 0 Å². The summed E-state index contributed by atoms with van der Waals surface area (Å²) in [5, 5.41) is 8.67. The Hall–Kier alpha value is -0.700. The van der Waals surface area contributed by atoms with Gasteiger partial charge in [-0.3, -0.25) is 0 Å². The summed E-state index contributed by atoms with van der Waals surface area (Å²) in [4.78, 5) is 2.30. The molecule has 1 aliphatic heterocycles. The number of unbranched alkanes of at least 4 members (excludes halogenated alkanes) is 1. The lowest BCUT2D eigenvalue weighted by atomic mass is 10.2. The molecule has 0 aromatic heterocycles. The van der Waals surface area contributed by atoms with Crippen LogP contribution >= 0.6 is 0 Å². The van der Waals surface area contributed by atoms with Crippen LogP contribution in [0.15, 0.2) is 12.0 Å². The van der Waals surface area contributed by atoms with Crippen molar-refractivity contribution in [2.75, 3.05) is 19.8 Å². The van der Waals surface area contributed by atoms with Crippen LogP contribution in [-0.4, -0.2) is 35.8 Å². The number of hydrogen-bond donors (Lipinski definition) is 1. The molecule has 3 nitrogen and oxygen atoms in total. The number of nitrogens with zero attached hydrogens (tertiary/aromatic N) is 1. The van der Waals surface area contributed by atoms with Crippen molar-refractivity contribution in [2.45, 2.75) is 39.2 Å². The molecule has 0 spiro atoms. The maximum absolute atomic E-state index is 8.67. The van der Waals surface area contributed by atoms with Gasteiger partial charge in [-0.25, -0.2) is 0 Å². The first-order valence-electron chi connectivity index (χ1n) is 5.44. The molecule has 0 bridgehead atoms. The van der Waals surface area contributed by atoms with E-state index in [1.807, 2.05) is 0 Å². The quantitative estimate of drug-likeness (QED) is 0.684. The third kappa shape index (κ3) is 3.58. The number of ether oxygens (including phenoxy) is 1. The zero-order chi connectivity index (χ0) is 10.4. The van der Waals surface area contributed by atoms with E-state index in [0.29, 0.717) is 6.04 Å². The summed E-state index contributed by atoms with van der Waals surface area (Å²) in [6.07, 6.45) is 4.94. The van der Waals surface area contributed by atoms with Gasteiger partial charge in [0.2, 0.25) is 0 Å². The van der Waals surface area contributed by atoms with E-state index in [9.17, 15) is 0 Å². The number of aliphatic hydroxyl groups excluding tert-OH is 1. The first kappa shape index (κ1) is 11.4. The molecule has 1 rings (SSSR count). The van der Waals surface area contributed by atoms with E-state index in [0.717, 1.165) is 38.2 Å². The highest BCUT2D eigenvalue weighted by atomic mass is 16.5. The van der Waals surface area contributed by atoms with Gasteiger partial charge in [0, 0.05) is 25.3 Å². The number of rotatable bonds is 5. The monoisotopic (exact) mass is 199 g/mol. The average molecular weight is 199 g/mol. The Kier molecular flexibility index (Phi) is 4.80. The molecule has 0 unspecified atom stereocenters. The van der Waals surface area contributed by atoms with Crippen molar-refractivity contribution in [3.05, 3.63) is 12.0 Å². The summed E-state index contributed by atoms with van der Waals surface area (Å²) >= 11 is 0. The second kappa shape index (κ2) is 5.91. The molecule has 0 aromatic carbocycles. The lowest BCUT2D eigenvalue weighted by Crippen LogP contribution is -2.32. The molecule has 0 atom stereocenters. The van der Waals surface area contributed by atoms with Crippen LogP contribution in [-0.2, 0) is 4.74 Å². The molecule has 0 fully saturated rings. The average Bonchev–Trinajstić information content (AvgIpc) is 2.19. The second-order valence-corrected chi connectivity index (χ2v) is 3.96. The van der Waals surface area contributed by atoms with E-state index in [1.165, 1.54) is 0 Å². The van der Waals surface area contributed by atoms with E-state index < -0.39 is 0 Å². The highest BCUT2D eigenvalue weighted by Gasteiger charge is 2.12. The Bertz CT molecular complexity index is 190. The second-order valence-electron chi connectivity index (χ2n) is 3.96. The molecule has 1 aliphatic rings. The van der Waals surface area contributed by atoms with Gasteiger partial charge in [-0.15, -0.1) is 0 Å². The van der Waals surface area contributed by atoms with E-state index in [2.05, 4.69) is 24.9 Å². The van der Waals surface area contributed by atoms with E-state index in [4.69, 9.17) is 9.84 Å². The molecule has 14 heavy (non-hydrogen) atoms. The van der Waals surface area contributed by atoms with Gasteiger partial charge >= 0.3 is 0 Å². The van der Waals surface area contributed by atoms with Gasteiger partial charge in [0.05, 0.1) is 6.54 Å². The maximum Gasteiger partial charge on any atom is 0.112 e. The Morgan fingerprint density at radius 1 is 1.50 bits per heavy atom. The molecule has 3 heteroatoms. The van der Waals surface area contributed by atoms with Crippen molar-refractivity contribution in [3.63, 3.8) is 0 Å². The minimum atomic E-state index is 0.279. The predicted molar refractivity (Wildman–Crippen MR) is 56.8 cm³/mol. The topological polar surface area (TPSA) is 32.7 Å². The maximum atomic E-state index is 8.67. The first-order valence-corrected chi connectivity index (χ1v) is 5.44. The fourth-order valence-corrected chi connectivity index (χ4v) is 1.52. The number of allylic oxidation sites excluding steroid dienone is 1. The van der Waals surface area contributed by atoms with Gasteiger partial charge in [0.25, 0.3) is 0 Å². The summed E-state index contributed by atoms with van der Waals surface area (Å²) < 4.78 is 5.54. The van der Waals surface area contributed by atoms with Gasteiger partial charge in [0.1, 0.15) is 12.4 Å². The van der Waals surface area contributed by atoms with Crippen LogP contribution in [0.2, 0.25) is 0 Å². The molecule has 0 radical (unpaired) electrons. The molecule has 1 N–H and O–H groups in total. The zero-order valence-corrected chi connectivity index (χ0v) is 9.20. The molecule has 0 saturated carbocycles. The number of hydrogen-bond acceptors (Lipinski definition) is 3. The lowest BCUT2D eigenvalue weighted by Gasteiger charge is -2.30. The van der Waals surface area contributed by atoms with Crippen molar-refractivity contribution >= 4 is 0 Å². The van der Waals surface area contributed by atoms with Crippen LogP contribution in [0.4, 0.5) is 0 Å². The van der Waals surface area contributed by atoms with Gasteiger partial charge in [-0.1, -0.05) is 0 Å². The van der Waals surface area contributed by atoms with E-state index >= 15 is 0 Å². The Labute approximate surface area is 86.4 Å². The summed E-state index contributed by atoms with van der Waals surface area (Å²) in [5.74, 6) is 1.07. The fourth-order valence-electron chi connectivity index (χ4n) is 1.52. The minimum Gasteiger partial charge on any atom is -0.495 e. The Morgan fingerprint density at radius 3 is 2.93 bits per heavy atom. The smallest absolute Gasteiger partial charge is 0.112 e. The fraction of sp³-hybridized carbons (Fsp3) is 0.818. The van der Waals surface area contributed by atoms with Crippen LogP contribution < -0.4 is 0 Å². The zero-order valence-electron chi connectivity index (χ0n) is 9.20. The third-order valence-corrected chi connectivity index (χ3v) is 2.44. The Morgan fingerprint density at radius 2 is 2.29 bits per heavy atom. The SMILES string of the molecule is CC(C)N1C=C(CCCCO)OCC1. The molecule has 0 aromatic rings. The normalized spacial score (nSPS) is 16.9. The van der Waals surface area contributed by atoms with Gasteiger partial charge in [-0.2, -0.15) is 0 Å². The highest BCUT2D eigenvalue weighted by Crippen LogP contribution is 2.15. The molecule has 82 valence electrons. The van der Waals surface area contributed by atoms with Gasteiger partial charge in [-0.05, 0) is 26.7 Å². The third-order valence-electron chi connectivity index (χ3n) is 2.44. The largest absolute Gasteiger partial charge is 0.495 e. The summed E-state index contributed by atoms with van der Waals surface area (Å²) in [7, 11) is 0. The van der Waals surface area contributed by atoms with Crippen LogP contribution in [0.3, 0.4) is 0 Å². The van der Waals surface area contributed by atoms with Crippen molar-refractivity contribution in [2.24, 2.45) is 0 Å². The summed E-state index contributed by atoms with van der Waals surface area (Å²) in [6, 6.07) is 0.548.